The number of rotatable bonds is 5. The highest BCUT2D eigenvalue weighted by atomic mass is 16.3. The van der Waals surface area contributed by atoms with Crippen molar-refractivity contribution in [1.82, 2.24) is 9.80 Å². The van der Waals surface area contributed by atoms with Crippen molar-refractivity contribution < 1.29 is 18.7 Å². The average Bonchev–Trinajstić information content (AvgIpc) is 3.55. The van der Waals surface area contributed by atoms with Crippen LogP contribution in [0.4, 0.5) is 0 Å². The number of piperidine rings is 1. The fraction of sp³-hybridized carbons (Fsp3) is 0.400. The second-order valence-corrected chi connectivity index (χ2v) is 8.61. The molecule has 0 bridgehead atoms. The molecule has 6 heteroatoms. The molecule has 1 aromatic carbocycles. The molecule has 31 heavy (non-hydrogen) atoms. The molecule has 2 aliphatic rings. The standard InChI is InChI=1S/C25H28N2O4/c28-24(27-12-1-2-13-27)23-18-19-17-20(7-8-22(19)31-23)25(29)9-14-26(15-10-25)11-3-5-21-6-4-16-30-21/h3-8,16-18,29H,1-2,9-15H2/b5-3+. The maximum Gasteiger partial charge on any atom is 0.289 e. The Morgan fingerprint density at radius 3 is 2.65 bits per heavy atom. The number of carbonyl (C=O) groups excluding carboxylic acids is 1. The van der Waals surface area contributed by atoms with Crippen molar-refractivity contribution in [2.24, 2.45) is 0 Å². The van der Waals surface area contributed by atoms with Crippen LogP contribution in [-0.4, -0.2) is 53.5 Å². The number of benzene rings is 1. The second kappa shape index (κ2) is 8.36. The molecule has 0 atom stereocenters. The molecule has 4 heterocycles. The van der Waals surface area contributed by atoms with Crippen molar-refractivity contribution in [1.29, 1.82) is 0 Å². The van der Waals surface area contributed by atoms with E-state index in [9.17, 15) is 9.90 Å². The van der Waals surface area contributed by atoms with Gasteiger partial charge in [0.25, 0.3) is 5.91 Å². The largest absolute Gasteiger partial charge is 0.465 e. The van der Waals surface area contributed by atoms with E-state index in [2.05, 4.69) is 11.0 Å². The van der Waals surface area contributed by atoms with Gasteiger partial charge in [-0.15, -0.1) is 0 Å². The average molecular weight is 421 g/mol. The van der Waals surface area contributed by atoms with Crippen LogP contribution in [0.1, 0.15) is 47.6 Å². The summed E-state index contributed by atoms with van der Waals surface area (Å²) in [5.74, 6) is 1.20. The first-order chi connectivity index (χ1) is 15.1. The Kier molecular flexibility index (Phi) is 5.42. The number of hydrogen-bond acceptors (Lipinski definition) is 5. The molecule has 2 aromatic heterocycles. The minimum Gasteiger partial charge on any atom is -0.465 e. The fourth-order valence-electron chi connectivity index (χ4n) is 4.61. The highest BCUT2D eigenvalue weighted by molar-refractivity contribution is 5.96. The van der Waals surface area contributed by atoms with E-state index >= 15 is 0 Å². The van der Waals surface area contributed by atoms with Crippen LogP contribution in [0.5, 0.6) is 0 Å². The van der Waals surface area contributed by atoms with Crippen molar-refractivity contribution in [3.63, 3.8) is 0 Å². The van der Waals surface area contributed by atoms with Gasteiger partial charge in [-0.2, -0.15) is 0 Å². The number of likely N-dealkylation sites (tertiary alicyclic amines) is 2. The third-order valence-electron chi connectivity index (χ3n) is 6.53. The first-order valence-electron chi connectivity index (χ1n) is 11.1. The predicted molar refractivity (Wildman–Crippen MR) is 119 cm³/mol. The summed E-state index contributed by atoms with van der Waals surface area (Å²) in [4.78, 5) is 16.8. The minimum atomic E-state index is -0.855. The first kappa shape index (κ1) is 20.1. The van der Waals surface area contributed by atoms with Gasteiger partial charge in [0, 0.05) is 38.1 Å². The van der Waals surface area contributed by atoms with E-state index in [1.165, 1.54) is 0 Å². The van der Waals surface area contributed by atoms with Crippen LogP contribution >= 0.6 is 0 Å². The van der Waals surface area contributed by atoms with Crippen LogP contribution in [0.3, 0.4) is 0 Å². The molecule has 162 valence electrons. The van der Waals surface area contributed by atoms with E-state index < -0.39 is 5.60 Å². The summed E-state index contributed by atoms with van der Waals surface area (Å²) in [6, 6.07) is 11.4. The lowest BCUT2D eigenvalue weighted by Gasteiger charge is -2.38. The van der Waals surface area contributed by atoms with E-state index in [1.54, 1.807) is 6.26 Å². The Balaban J connectivity index is 1.25. The molecule has 1 N–H and O–H groups in total. The molecule has 2 fully saturated rings. The molecule has 0 saturated carbocycles. The number of furan rings is 2. The lowest BCUT2D eigenvalue weighted by molar-refractivity contribution is -0.0232. The lowest BCUT2D eigenvalue weighted by Crippen LogP contribution is -2.42. The Hall–Kier alpha value is -2.83. The molecular formula is C25H28N2O4. The van der Waals surface area contributed by atoms with E-state index in [0.29, 0.717) is 24.2 Å². The third-order valence-corrected chi connectivity index (χ3v) is 6.53. The van der Waals surface area contributed by atoms with Gasteiger partial charge in [0.15, 0.2) is 5.76 Å². The van der Waals surface area contributed by atoms with Crippen LogP contribution in [0.25, 0.3) is 17.0 Å². The Morgan fingerprint density at radius 2 is 1.90 bits per heavy atom. The highest BCUT2D eigenvalue weighted by Gasteiger charge is 2.34. The highest BCUT2D eigenvalue weighted by Crippen LogP contribution is 2.35. The van der Waals surface area contributed by atoms with Gasteiger partial charge in [-0.3, -0.25) is 9.69 Å². The summed E-state index contributed by atoms with van der Waals surface area (Å²) in [5, 5.41) is 12.2. The maximum atomic E-state index is 12.6. The van der Waals surface area contributed by atoms with Crippen molar-refractivity contribution in [2.45, 2.75) is 31.3 Å². The van der Waals surface area contributed by atoms with Crippen molar-refractivity contribution in [3.05, 3.63) is 65.8 Å². The van der Waals surface area contributed by atoms with E-state index in [-0.39, 0.29) is 5.91 Å². The lowest BCUT2D eigenvalue weighted by atomic mass is 9.84. The zero-order valence-electron chi connectivity index (χ0n) is 17.6. The molecule has 5 rings (SSSR count). The van der Waals surface area contributed by atoms with Crippen LogP contribution < -0.4 is 0 Å². The molecule has 0 aliphatic carbocycles. The van der Waals surface area contributed by atoms with E-state index in [1.807, 2.05) is 47.4 Å². The summed E-state index contributed by atoms with van der Waals surface area (Å²) in [7, 11) is 0. The van der Waals surface area contributed by atoms with E-state index in [4.69, 9.17) is 8.83 Å². The Bertz CT molecular complexity index is 1070. The third kappa shape index (κ3) is 4.18. The second-order valence-electron chi connectivity index (χ2n) is 8.61. The van der Waals surface area contributed by atoms with Crippen molar-refractivity contribution in [2.75, 3.05) is 32.7 Å². The van der Waals surface area contributed by atoms with Gasteiger partial charge in [0.05, 0.1) is 11.9 Å². The summed E-state index contributed by atoms with van der Waals surface area (Å²) in [6.45, 7) is 4.07. The van der Waals surface area contributed by atoms with Gasteiger partial charge < -0.3 is 18.8 Å². The molecule has 0 spiro atoms. The SMILES string of the molecule is O=C(c1cc2cc(C3(O)CCN(C/C=C/c4ccco4)CC3)ccc2o1)N1CCCC1. The number of aliphatic hydroxyl groups is 1. The molecule has 2 saturated heterocycles. The number of amides is 1. The number of fused-ring (bicyclic) bond motifs is 1. The Labute approximate surface area is 181 Å². The molecule has 0 radical (unpaired) electrons. The van der Waals surface area contributed by atoms with Crippen LogP contribution in [0.15, 0.2) is 57.6 Å². The monoisotopic (exact) mass is 420 g/mol. The quantitative estimate of drug-likeness (QED) is 0.668. The summed E-state index contributed by atoms with van der Waals surface area (Å²) in [5.41, 5.74) is 0.730. The van der Waals surface area contributed by atoms with Gasteiger partial charge in [-0.05, 0) is 67.7 Å². The number of nitrogens with zero attached hydrogens (tertiary/aromatic N) is 2. The molecule has 2 aliphatic heterocycles. The molecule has 6 nitrogen and oxygen atoms in total. The fourth-order valence-corrected chi connectivity index (χ4v) is 4.61. The van der Waals surface area contributed by atoms with Gasteiger partial charge in [0.2, 0.25) is 0 Å². The normalized spacial score (nSPS) is 19.6. The van der Waals surface area contributed by atoms with Crippen molar-refractivity contribution in [3.8, 4) is 0 Å². The topological polar surface area (TPSA) is 70.1 Å². The summed E-state index contributed by atoms with van der Waals surface area (Å²) in [6.07, 6.45) is 9.20. The van der Waals surface area contributed by atoms with Crippen LogP contribution in [0.2, 0.25) is 0 Å². The van der Waals surface area contributed by atoms with E-state index in [0.717, 1.165) is 62.3 Å². The van der Waals surface area contributed by atoms with Gasteiger partial charge in [-0.1, -0.05) is 12.1 Å². The first-order valence-corrected chi connectivity index (χ1v) is 11.1. The van der Waals surface area contributed by atoms with Gasteiger partial charge in [0.1, 0.15) is 11.3 Å². The van der Waals surface area contributed by atoms with Gasteiger partial charge in [-0.25, -0.2) is 0 Å². The smallest absolute Gasteiger partial charge is 0.289 e. The summed E-state index contributed by atoms with van der Waals surface area (Å²) < 4.78 is 11.1. The number of carbonyl (C=O) groups is 1. The molecule has 3 aromatic rings. The predicted octanol–water partition coefficient (Wildman–Crippen LogP) is 4.26. The zero-order chi connectivity index (χ0) is 21.3. The van der Waals surface area contributed by atoms with Crippen LogP contribution in [-0.2, 0) is 5.60 Å². The molecule has 0 unspecified atom stereocenters. The van der Waals surface area contributed by atoms with Crippen LogP contribution in [0, 0.1) is 0 Å². The maximum absolute atomic E-state index is 12.6. The van der Waals surface area contributed by atoms with Gasteiger partial charge >= 0.3 is 0 Å². The molecule has 1 amide bonds. The molecular weight excluding hydrogens is 392 g/mol. The summed E-state index contributed by atoms with van der Waals surface area (Å²) >= 11 is 0. The minimum absolute atomic E-state index is 0.0372. The van der Waals surface area contributed by atoms with Crippen molar-refractivity contribution >= 4 is 23.0 Å². The Morgan fingerprint density at radius 1 is 1.10 bits per heavy atom. The number of hydrogen-bond donors (Lipinski definition) is 1. The zero-order valence-corrected chi connectivity index (χ0v) is 17.6.